The van der Waals surface area contributed by atoms with Gasteiger partial charge in [-0.2, -0.15) is 4.84 Å². The lowest BCUT2D eigenvalue weighted by molar-refractivity contribution is -0.435. The van der Waals surface area contributed by atoms with Crippen LogP contribution in [0.4, 0.5) is 5.69 Å². The Morgan fingerprint density at radius 1 is 0.931 bits per heavy atom. The van der Waals surface area contributed by atoms with E-state index < -0.39 is 29.1 Å². The van der Waals surface area contributed by atoms with Crippen LogP contribution >= 0.6 is 0 Å². The average molecular weight is 394 g/mol. The topological polar surface area (TPSA) is 89.1 Å². The summed E-state index contributed by atoms with van der Waals surface area (Å²) >= 11 is 0. The SMILES string of the molecule is O=C1O[N+](OC(=[OH+])C([OH2+])c2ccccc2)(c2ccccc2)OC1c1ccccc1. The fourth-order valence-corrected chi connectivity index (χ4v) is 2.98. The number of rotatable bonds is 5. The second-order valence-corrected chi connectivity index (χ2v) is 6.41. The molecule has 0 bridgehead atoms. The molecule has 29 heavy (non-hydrogen) atoms. The molecule has 3 N–H and O–H groups in total. The van der Waals surface area contributed by atoms with Crippen LogP contribution in [0.3, 0.4) is 0 Å². The third-order valence-corrected chi connectivity index (χ3v) is 4.44. The number of hydrogen-bond donors (Lipinski definition) is 0. The smallest absolute Gasteiger partial charge is 0.426 e. The molecule has 146 valence electrons. The predicted octanol–water partition coefficient (Wildman–Crippen LogP) is 3.04. The molecule has 1 aliphatic heterocycles. The quantitative estimate of drug-likeness (QED) is 0.491. The van der Waals surface area contributed by atoms with Gasteiger partial charge in [0.2, 0.25) is 0 Å². The molecule has 7 nitrogen and oxygen atoms in total. The normalized spacial score (nSPS) is 22.0. The Morgan fingerprint density at radius 3 is 2.10 bits per heavy atom. The van der Waals surface area contributed by atoms with Crippen molar-refractivity contribution in [3.63, 3.8) is 0 Å². The maximum atomic E-state index is 12.6. The monoisotopic (exact) mass is 394 g/mol. The van der Waals surface area contributed by atoms with E-state index in [1.165, 1.54) is 0 Å². The zero-order valence-corrected chi connectivity index (χ0v) is 15.3. The Kier molecular flexibility index (Phi) is 5.09. The fourth-order valence-electron chi connectivity index (χ4n) is 2.98. The Hall–Kier alpha value is -3.52. The van der Waals surface area contributed by atoms with Crippen LogP contribution in [0.2, 0.25) is 0 Å². The summed E-state index contributed by atoms with van der Waals surface area (Å²) < 4.78 is 0. The number of nitrogens with zero attached hydrogens (tertiary/aromatic N) is 1. The van der Waals surface area contributed by atoms with E-state index in [9.17, 15) is 9.59 Å². The van der Waals surface area contributed by atoms with Gasteiger partial charge in [-0.05, 0) is 5.56 Å². The molecule has 1 heterocycles. The summed E-state index contributed by atoms with van der Waals surface area (Å²) in [5.41, 5.74) is 1.43. The number of benzene rings is 3. The van der Waals surface area contributed by atoms with Crippen molar-refractivity contribution < 1.29 is 29.2 Å². The van der Waals surface area contributed by atoms with E-state index in [4.69, 9.17) is 19.6 Å². The molecule has 0 saturated carbocycles. The van der Waals surface area contributed by atoms with Gasteiger partial charge in [0.25, 0.3) is 11.8 Å². The molecular formula is C22H20NO6+3. The van der Waals surface area contributed by atoms with E-state index in [0.29, 0.717) is 16.8 Å². The van der Waals surface area contributed by atoms with Gasteiger partial charge in [0, 0.05) is 22.5 Å². The molecule has 1 aliphatic rings. The van der Waals surface area contributed by atoms with Crippen LogP contribution in [0.5, 0.6) is 0 Å². The first kappa shape index (κ1) is 18.8. The Balaban J connectivity index is 1.66. The molecule has 3 atom stereocenters. The van der Waals surface area contributed by atoms with Gasteiger partial charge in [0.15, 0.2) is 0 Å². The highest BCUT2D eigenvalue weighted by atomic mass is 17.2. The van der Waals surface area contributed by atoms with Gasteiger partial charge in [-0.1, -0.05) is 83.7 Å². The lowest BCUT2D eigenvalue weighted by Gasteiger charge is -2.14. The van der Waals surface area contributed by atoms with E-state index >= 15 is 0 Å². The summed E-state index contributed by atoms with van der Waals surface area (Å²) in [5.74, 6) is -1.34. The highest BCUT2D eigenvalue weighted by Crippen LogP contribution is 2.38. The molecule has 0 aromatic heterocycles. The second-order valence-electron chi connectivity index (χ2n) is 6.41. The Morgan fingerprint density at radius 2 is 1.48 bits per heavy atom. The number of carbonyl (C=O) groups excluding carboxylic acids is 2. The summed E-state index contributed by atoms with van der Waals surface area (Å²) in [6.45, 7) is 0. The van der Waals surface area contributed by atoms with Crippen LogP contribution in [-0.2, 0) is 19.3 Å². The molecule has 0 aliphatic carbocycles. The van der Waals surface area contributed by atoms with Gasteiger partial charge in [0.05, 0.1) is 0 Å². The fraction of sp³-hybridized carbons (Fsp3) is 0.0909. The van der Waals surface area contributed by atoms with Crippen molar-refractivity contribution in [3.05, 3.63) is 102 Å². The third kappa shape index (κ3) is 3.74. The van der Waals surface area contributed by atoms with Crippen LogP contribution in [-0.4, -0.2) is 21.8 Å². The molecular weight excluding hydrogens is 374 g/mol. The first-order chi connectivity index (χ1) is 14.1. The minimum absolute atomic E-state index is 0.325. The minimum atomic E-state index is -1.21. The molecule has 0 spiro atoms. The third-order valence-electron chi connectivity index (χ3n) is 4.44. The van der Waals surface area contributed by atoms with Gasteiger partial charge in [-0.15, -0.1) is 0 Å². The molecule has 7 heteroatoms. The van der Waals surface area contributed by atoms with Crippen LogP contribution in [0.15, 0.2) is 91.0 Å². The zero-order chi connectivity index (χ0) is 20.3. The molecule has 1 saturated heterocycles. The highest BCUT2D eigenvalue weighted by Gasteiger charge is 2.64. The van der Waals surface area contributed by atoms with Gasteiger partial charge in [-0.25, -0.2) is 4.79 Å². The standard InChI is InChI=1S/C22H18NO6/c24-19(16-10-4-1-5-11-16)21(25)28-23(18-14-8-3-9-15-18)27-20(22(26)29-23)17-12-6-2-7-13-17/h1-15,19-20,24H/q+1/p+2. The van der Waals surface area contributed by atoms with Crippen molar-refractivity contribution >= 4 is 17.6 Å². The first-order valence-electron chi connectivity index (χ1n) is 9.02. The van der Waals surface area contributed by atoms with Crippen LogP contribution < -0.4 is 4.97 Å². The van der Waals surface area contributed by atoms with Crippen LogP contribution in [0.25, 0.3) is 0 Å². The summed E-state index contributed by atoms with van der Waals surface area (Å²) in [4.78, 5) is 38.9. The van der Waals surface area contributed by atoms with Crippen molar-refractivity contribution in [2.75, 3.05) is 0 Å². The number of quaternary nitrogens is 1. The van der Waals surface area contributed by atoms with E-state index in [1.807, 2.05) is 12.1 Å². The molecule has 3 aromatic carbocycles. The molecule has 4 rings (SSSR count). The van der Waals surface area contributed by atoms with E-state index in [-0.39, 0.29) is 0 Å². The van der Waals surface area contributed by atoms with Gasteiger partial charge < -0.3 is 9.90 Å². The molecule has 1 fully saturated rings. The molecule has 0 radical (unpaired) electrons. The van der Waals surface area contributed by atoms with Gasteiger partial charge in [0.1, 0.15) is 0 Å². The van der Waals surface area contributed by atoms with Crippen molar-refractivity contribution in [2.24, 2.45) is 0 Å². The van der Waals surface area contributed by atoms with Crippen molar-refractivity contribution in [2.45, 2.75) is 12.2 Å². The van der Waals surface area contributed by atoms with Gasteiger partial charge in [-0.3, -0.25) is 0 Å². The lowest BCUT2D eigenvalue weighted by atomic mass is 10.1. The summed E-state index contributed by atoms with van der Waals surface area (Å²) in [5, 5.41) is 8.28. The maximum absolute atomic E-state index is 12.6. The number of hydrogen-bond acceptors (Lipinski definition) is 4. The Bertz CT molecular complexity index is 996. The van der Waals surface area contributed by atoms with Crippen molar-refractivity contribution in [1.82, 2.24) is 4.97 Å². The maximum Gasteiger partial charge on any atom is 0.649 e. The molecule has 3 aromatic rings. The largest absolute Gasteiger partial charge is 0.649 e. The molecule has 0 amide bonds. The van der Waals surface area contributed by atoms with E-state index in [1.54, 1.807) is 78.9 Å². The average Bonchev–Trinajstić information content (AvgIpc) is 3.12. The number of carbonyl (C=O) groups is 1. The molecule has 3 unspecified atom stereocenters. The van der Waals surface area contributed by atoms with Crippen LogP contribution in [0, 0.1) is 0 Å². The van der Waals surface area contributed by atoms with Crippen molar-refractivity contribution in [1.29, 1.82) is 0 Å². The summed E-state index contributed by atoms with van der Waals surface area (Å²) in [6, 6.07) is 26.0. The highest BCUT2D eigenvalue weighted by molar-refractivity contribution is 5.80. The summed E-state index contributed by atoms with van der Waals surface area (Å²) in [7, 11) is 0. The van der Waals surface area contributed by atoms with Crippen molar-refractivity contribution in [3.8, 4) is 0 Å². The Labute approximate surface area is 166 Å². The predicted molar refractivity (Wildman–Crippen MR) is 105 cm³/mol. The second kappa shape index (κ2) is 7.84. The minimum Gasteiger partial charge on any atom is -0.426 e. The van der Waals surface area contributed by atoms with E-state index in [2.05, 4.69) is 0 Å². The first-order valence-corrected chi connectivity index (χ1v) is 9.02. The van der Waals surface area contributed by atoms with Crippen LogP contribution in [0.1, 0.15) is 23.3 Å². The van der Waals surface area contributed by atoms with E-state index in [0.717, 1.165) is 0 Å². The lowest BCUT2D eigenvalue weighted by Crippen LogP contribution is -2.47. The summed E-state index contributed by atoms with van der Waals surface area (Å²) in [6.07, 6.45) is -2.27. The zero-order valence-electron chi connectivity index (χ0n) is 15.3. The van der Waals surface area contributed by atoms with Gasteiger partial charge >= 0.3 is 23.0 Å².